The number of anilines is 1. The topological polar surface area (TPSA) is 53.2 Å². The molecule has 0 aromatic heterocycles. The van der Waals surface area contributed by atoms with Gasteiger partial charge in [-0.1, -0.05) is 41.4 Å². The zero-order chi connectivity index (χ0) is 15.5. The normalized spacial score (nSPS) is 20.8. The van der Waals surface area contributed by atoms with Crippen molar-refractivity contribution in [2.75, 3.05) is 5.32 Å². The molecular weight excluding hydrogens is 298 g/mol. The van der Waals surface area contributed by atoms with Crippen LogP contribution in [-0.2, 0) is 4.79 Å². The highest BCUT2D eigenvalue weighted by Crippen LogP contribution is 2.25. The first kappa shape index (κ1) is 15.0. The van der Waals surface area contributed by atoms with Crippen LogP contribution in [-0.4, -0.2) is 11.9 Å². The van der Waals surface area contributed by atoms with E-state index in [0.717, 1.165) is 11.3 Å². The molecule has 0 bridgehead atoms. The average molecular weight is 316 g/mol. The highest BCUT2D eigenvalue weighted by molar-refractivity contribution is 6.30. The Bertz CT molecular complexity index is 672. The lowest BCUT2D eigenvalue weighted by Gasteiger charge is -2.11. The molecular formula is C17H18ClN3O. The Morgan fingerprint density at radius 3 is 2.68 bits per heavy atom. The van der Waals surface area contributed by atoms with E-state index in [9.17, 15) is 4.79 Å². The minimum atomic E-state index is -0.273. The molecule has 1 aliphatic rings. The van der Waals surface area contributed by atoms with Crippen molar-refractivity contribution in [3.8, 4) is 0 Å². The molecule has 3 N–H and O–H groups in total. The summed E-state index contributed by atoms with van der Waals surface area (Å²) in [4.78, 5) is 12.3. The molecule has 2 aromatic carbocycles. The summed E-state index contributed by atoms with van der Waals surface area (Å²) in [6.07, 6.45) is 0.679. The zero-order valence-electron chi connectivity index (χ0n) is 12.3. The molecule has 3 rings (SSSR count). The van der Waals surface area contributed by atoms with Gasteiger partial charge in [0.2, 0.25) is 5.91 Å². The van der Waals surface area contributed by atoms with E-state index in [1.54, 1.807) is 0 Å². The molecule has 2 atom stereocenters. The first-order valence-corrected chi connectivity index (χ1v) is 7.64. The largest absolute Gasteiger partial charge is 0.325 e. The molecule has 2 aromatic rings. The summed E-state index contributed by atoms with van der Waals surface area (Å²) in [6, 6.07) is 15.3. The zero-order valence-corrected chi connectivity index (χ0v) is 13.0. The number of hydrazine groups is 1. The van der Waals surface area contributed by atoms with E-state index in [2.05, 4.69) is 16.2 Å². The lowest BCUT2D eigenvalue weighted by Crippen LogP contribution is -2.39. The van der Waals surface area contributed by atoms with Crippen LogP contribution >= 0.6 is 11.6 Å². The van der Waals surface area contributed by atoms with Crippen LogP contribution in [0.5, 0.6) is 0 Å². The van der Waals surface area contributed by atoms with Gasteiger partial charge in [0.25, 0.3) is 0 Å². The van der Waals surface area contributed by atoms with Crippen molar-refractivity contribution in [2.24, 2.45) is 0 Å². The second-order valence-electron chi connectivity index (χ2n) is 5.54. The first-order chi connectivity index (χ1) is 10.6. The first-order valence-electron chi connectivity index (χ1n) is 7.26. The van der Waals surface area contributed by atoms with E-state index in [4.69, 9.17) is 11.6 Å². The second-order valence-corrected chi connectivity index (χ2v) is 5.98. The van der Waals surface area contributed by atoms with Gasteiger partial charge in [-0.25, -0.2) is 10.9 Å². The Balaban J connectivity index is 1.62. The van der Waals surface area contributed by atoms with Crippen molar-refractivity contribution in [3.05, 3.63) is 64.7 Å². The number of carbonyl (C=O) groups excluding carboxylic acids is 1. The molecule has 1 saturated heterocycles. The summed E-state index contributed by atoms with van der Waals surface area (Å²) in [5.74, 6) is -0.0409. The molecule has 1 fully saturated rings. The van der Waals surface area contributed by atoms with Crippen LogP contribution in [0.1, 0.15) is 23.6 Å². The number of benzene rings is 2. The summed E-state index contributed by atoms with van der Waals surface area (Å²) >= 11 is 6.01. The van der Waals surface area contributed by atoms with Crippen molar-refractivity contribution >= 4 is 23.2 Å². The summed E-state index contributed by atoms with van der Waals surface area (Å²) in [5.41, 5.74) is 9.26. The van der Waals surface area contributed by atoms with Crippen molar-refractivity contribution in [1.82, 2.24) is 10.9 Å². The molecule has 1 aliphatic heterocycles. The Hall–Kier alpha value is -1.88. The molecule has 0 spiro atoms. The summed E-state index contributed by atoms with van der Waals surface area (Å²) in [6.45, 7) is 2.02. The number of amides is 1. The van der Waals surface area contributed by atoms with Gasteiger partial charge in [0, 0.05) is 16.8 Å². The molecule has 0 aliphatic carbocycles. The van der Waals surface area contributed by atoms with E-state index >= 15 is 0 Å². The Morgan fingerprint density at radius 1 is 1.18 bits per heavy atom. The molecule has 1 heterocycles. The van der Waals surface area contributed by atoms with Gasteiger partial charge in [-0.15, -0.1) is 0 Å². The fraction of sp³-hybridized carbons (Fsp3) is 0.235. The number of halogens is 1. The van der Waals surface area contributed by atoms with Gasteiger partial charge in [0.1, 0.15) is 6.04 Å². The van der Waals surface area contributed by atoms with E-state index in [0.29, 0.717) is 11.4 Å². The van der Waals surface area contributed by atoms with Crippen molar-refractivity contribution < 1.29 is 4.79 Å². The standard InChI is InChI=1S/C17H18ClN3O/c1-11-5-7-14(8-6-11)19-17(22)16-10-15(20-21-16)12-3-2-4-13(18)9-12/h2-9,15-16,20-21H,10H2,1H3,(H,19,22). The van der Waals surface area contributed by atoms with Gasteiger partial charge in [0.15, 0.2) is 0 Å². The third kappa shape index (κ3) is 3.47. The smallest absolute Gasteiger partial charge is 0.242 e. The summed E-state index contributed by atoms with van der Waals surface area (Å²) in [7, 11) is 0. The van der Waals surface area contributed by atoms with Gasteiger partial charge < -0.3 is 5.32 Å². The van der Waals surface area contributed by atoms with Crippen LogP contribution in [0.4, 0.5) is 5.69 Å². The van der Waals surface area contributed by atoms with Crippen LogP contribution in [0.25, 0.3) is 0 Å². The quantitative estimate of drug-likeness (QED) is 0.815. The lowest BCUT2D eigenvalue weighted by atomic mass is 10.0. The predicted octanol–water partition coefficient (Wildman–Crippen LogP) is 3.19. The highest BCUT2D eigenvalue weighted by atomic mass is 35.5. The van der Waals surface area contributed by atoms with E-state index < -0.39 is 0 Å². The van der Waals surface area contributed by atoms with Gasteiger partial charge >= 0.3 is 0 Å². The van der Waals surface area contributed by atoms with Crippen LogP contribution < -0.4 is 16.2 Å². The Labute approximate surface area is 134 Å². The molecule has 0 radical (unpaired) electrons. The SMILES string of the molecule is Cc1ccc(NC(=O)C2CC(c3cccc(Cl)c3)NN2)cc1. The van der Waals surface area contributed by atoms with Crippen LogP contribution in [0.3, 0.4) is 0 Å². The monoisotopic (exact) mass is 315 g/mol. The van der Waals surface area contributed by atoms with Gasteiger partial charge in [-0.05, 0) is 43.2 Å². The fourth-order valence-corrected chi connectivity index (χ4v) is 2.74. The summed E-state index contributed by atoms with van der Waals surface area (Å²) in [5, 5.41) is 3.63. The highest BCUT2D eigenvalue weighted by Gasteiger charge is 2.30. The van der Waals surface area contributed by atoms with Crippen molar-refractivity contribution in [1.29, 1.82) is 0 Å². The molecule has 5 heteroatoms. The van der Waals surface area contributed by atoms with E-state index in [1.807, 2.05) is 55.5 Å². The Morgan fingerprint density at radius 2 is 1.95 bits per heavy atom. The number of hydrogen-bond donors (Lipinski definition) is 3. The number of aryl methyl sites for hydroxylation is 1. The molecule has 0 saturated carbocycles. The third-order valence-electron chi connectivity index (χ3n) is 3.79. The molecule has 4 nitrogen and oxygen atoms in total. The minimum Gasteiger partial charge on any atom is -0.325 e. The van der Waals surface area contributed by atoms with Crippen molar-refractivity contribution in [2.45, 2.75) is 25.4 Å². The number of rotatable bonds is 3. The van der Waals surface area contributed by atoms with E-state index in [-0.39, 0.29) is 18.0 Å². The van der Waals surface area contributed by atoms with Crippen LogP contribution in [0.15, 0.2) is 48.5 Å². The number of hydrogen-bond acceptors (Lipinski definition) is 3. The maximum atomic E-state index is 12.3. The maximum absolute atomic E-state index is 12.3. The molecule has 2 unspecified atom stereocenters. The van der Waals surface area contributed by atoms with Gasteiger partial charge in [-0.2, -0.15) is 0 Å². The van der Waals surface area contributed by atoms with E-state index in [1.165, 1.54) is 5.56 Å². The van der Waals surface area contributed by atoms with Crippen molar-refractivity contribution in [3.63, 3.8) is 0 Å². The summed E-state index contributed by atoms with van der Waals surface area (Å²) < 4.78 is 0. The average Bonchev–Trinajstić information content (AvgIpc) is 3.00. The van der Waals surface area contributed by atoms with Crippen LogP contribution in [0, 0.1) is 6.92 Å². The Kier molecular flexibility index (Phi) is 4.43. The fourth-order valence-electron chi connectivity index (χ4n) is 2.54. The third-order valence-corrected chi connectivity index (χ3v) is 4.02. The van der Waals surface area contributed by atoms with Crippen LogP contribution in [0.2, 0.25) is 5.02 Å². The lowest BCUT2D eigenvalue weighted by molar-refractivity contribution is -0.117. The second kappa shape index (κ2) is 6.48. The molecule has 114 valence electrons. The van der Waals surface area contributed by atoms with Gasteiger partial charge in [0.05, 0.1) is 0 Å². The predicted molar refractivity (Wildman–Crippen MR) is 88.7 cm³/mol. The number of nitrogens with one attached hydrogen (secondary N) is 3. The molecule has 1 amide bonds. The van der Waals surface area contributed by atoms with Gasteiger partial charge in [-0.3, -0.25) is 4.79 Å². The molecule has 22 heavy (non-hydrogen) atoms. The number of carbonyl (C=O) groups is 1. The maximum Gasteiger partial charge on any atom is 0.242 e. The minimum absolute atomic E-state index is 0.0409.